The lowest BCUT2D eigenvalue weighted by molar-refractivity contribution is 0.0921. The third kappa shape index (κ3) is 3.67. The Kier molecular flexibility index (Phi) is 5.19. The van der Waals surface area contributed by atoms with Gasteiger partial charge >= 0.3 is 0 Å². The second-order valence-electron chi connectivity index (χ2n) is 8.17. The molecule has 2 aliphatic heterocycles. The number of ketones is 1. The molecule has 2 aliphatic rings. The molecule has 0 aliphatic carbocycles. The van der Waals surface area contributed by atoms with Gasteiger partial charge in [0.2, 0.25) is 0 Å². The van der Waals surface area contributed by atoms with Crippen LogP contribution in [-0.2, 0) is 9.84 Å². The molecular formula is C22H28N2O3S. The van der Waals surface area contributed by atoms with Crippen molar-refractivity contribution in [3.8, 4) is 0 Å². The van der Waals surface area contributed by atoms with Gasteiger partial charge in [-0.05, 0) is 51.3 Å². The lowest BCUT2D eigenvalue weighted by atomic mass is 10.0. The minimum Gasteiger partial charge on any atom is -0.344 e. The lowest BCUT2D eigenvalue weighted by Crippen LogP contribution is -2.30. The summed E-state index contributed by atoms with van der Waals surface area (Å²) in [6.45, 7) is 5.26. The predicted molar refractivity (Wildman–Crippen MR) is 111 cm³/mol. The zero-order chi connectivity index (χ0) is 19.9. The molecule has 2 aromatic rings. The van der Waals surface area contributed by atoms with Gasteiger partial charge in [-0.25, -0.2) is 8.42 Å². The fourth-order valence-electron chi connectivity index (χ4n) is 4.94. The maximum absolute atomic E-state index is 13.1. The fraction of sp³-hybridized carbons (Fsp3) is 0.500. The lowest BCUT2D eigenvalue weighted by Gasteiger charge is -2.24. The molecule has 5 nitrogen and oxygen atoms in total. The number of aryl methyl sites for hydroxylation is 1. The first-order valence-electron chi connectivity index (χ1n) is 10.1. The summed E-state index contributed by atoms with van der Waals surface area (Å²) in [6, 6.07) is 12.6. The van der Waals surface area contributed by atoms with Crippen molar-refractivity contribution >= 4 is 15.6 Å². The van der Waals surface area contributed by atoms with E-state index in [-0.39, 0.29) is 23.3 Å². The zero-order valence-electron chi connectivity index (χ0n) is 16.6. The van der Waals surface area contributed by atoms with Gasteiger partial charge in [0.1, 0.15) is 0 Å². The molecule has 0 spiro atoms. The van der Waals surface area contributed by atoms with Crippen LogP contribution >= 0.6 is 0 Å². The Balaban J connectivity index is 1.53. The van der Waals surface area contributed by atoms with E-state index in [2.05, 4.69) is 33.7 Å². The molecule has 1 aromatic carbocycles. The molecule has 2 unspecified atom stereocenters. The van der Waals surface area contributed by atoms with Crippen molar-refractivity contribution in [1.29, 1.82) is 0 Å². The van der Waals surface area contributed by atoms with Crippen molar-refractivity contribution in [2.75, 3.05) is 24.6 Å². The van der Waals surface area contributed by atoms with Gasteiger partial charge in [0, 0.05) is 29.0 Å². The van der Waals surface area contributed by atoms with E-state index >= 15 is 0 Å². The van der Waals surface area contributed by atoms with Gasteiger partial charge in [0.15, 0.2) is 15.6 Å². The van der Waals surface area contributed by atoms with Gasteiger partial charge in [-0.2, -0.15) is 0 Å². The number of benzene rings is 1. The summed E-state index contributed by atoms with van der Waals surface area (Å²) in [7, 11) is -2.96. The first-order chi connectivity index (χ1) is 13.4. The maximum atomic E-state index is 13.1. The molecular weight excluding hydrogens is 372 g/mol. The second-order valence-corrected chi connectivity index (χ2v) is 10.4. The fourth-order valence-corrected chi connectivity index (χ4v) is 6.64. The maximum Gasteiger partial charge on any atom is 0.178 e. The van der Waals surface area contributed by atoms with Gasteiger partial charge in [-0.1, -0.05) is 30.3 Å². The Labute approximate surface area is 167 Å². The Morgan fingerprint density at radius 2 is 1.89 bits per heavy atom. The Morgan fingerprint density at radius 1 is 1.14 bits per heavy atom. The van der Waals surface area contributed by atoms with Gasteiger partial charge in [-0.15, -0.1) is 0 Å². The van der Waals surface area contributed by atoms with E-state index in [1.54, 1.807) is 0 Å². The standard InChI is InChI=1S/C22H28N2O3S/c1-16-13-20(17(2)24(16)19-10-12-28(26,27)15-19)22(25)14-23-11-6-9-21(23)18-7-4-3-5-8-18/h3-5,7-8,13,19,21H,6,9-12,14-15H2,1-2H3. The van der Waals surface area contributed by atoms with Gasteiger partial charge < -0.3 is 4.57 Å². The van der Waals surface area contributed by atoms with Gasteiger partial charge in [0.05, 0.1) is 18.1 Å². The first-order valence-corrected chi connectivity index (χ1v) is 11.9. The van der Waals surface area contributed by atoms with Crippen LogP contribution in [0.3, 0.4) is 0 Å². The highest BCUT2D eigenvalue weighted by Gasteiger charge is 2.33. The average Bonchev–Trinajstić information content (AvgIpc) is 3.33. The van der Waals surface area contributed by atoms with Crippen molar-refractivity contribution in [2.45, 2.75) is 45.2 Å². The summed E-state index contributed by atoms with van der Waals surface area (Å²) in [4.78, 5) is 15.4. The van der Waals surface area contributed by atoms with Crippen LogP contribution in [0.4, 0.5) is 0 Å². The normalized spacial score (nSPS) is 24.6. The van der Waals surface area contributed by atoms with Gasteiger partial charge in [0.25, 0.3) is 0 Å². The molecule has 2 atom stereocenters. The zero-order valence-corrected chi connectivity index (χ0v) is 17.4. The predicted octanol–water partition coefficient (Wildman–Crippen LogP) is 3.48. The smallest absolute Gasteiger partial charge is 0.178 e. The third-order valence-electron chi connectivity index (χ3n) is 6.25. The molecule has 2 fully saturated rings. The van der Waals surface area contributed by atoms with Crippen LogP contribution in [0.2, 0.25) is 0 Å². The van der Waals surface area contributed by atoms with E-state index < -0.39 is 9.84 Å². The molecule has 0 saturated carbocycles. The molecule has 0 radical (unpaired) electrons. The minimum absolute atomic E-state index is 0.0459. The monoisotopic (exact) mass is 400 g/mol. The van der Waals surface area contributed by atoms with Crippen molar-refractivity contribution in [2.24, 2.45) is 0 Å². The van der Waals surface area contributed by atoms with E-state index in [4.69, 9.17) is 0 Å². The summed E-state index contributed by atoms with van der Waals surface area (Å²) < 4.78 is 25.8. The van der Waals surface area contributed by atoms with Crippen LogP contribution < -0.4 is 0 Å². The average molecular weight is 401 g/mol. The first kappa shape index (κ1) is 19.4. The molecule has 0 amide bonds. The summed E-state index contributed by atoms with van der Waals surface area (Å²) in [6.07, 6.45) is 2.82. The summed E-state index contributed by atoms with van der Waals surface area (Å²) in [5.41, 5.74) is 3.89. The molecule has 150 valence electrons. The Bertz CT molecular complexity index is 979. The van der Waals surface area contributed by atoms with E-state index in [1.807, 2.05) is 26.0 Å². The number of hydrogen-bond acceptors (Lipinski definition) is 4. The SMILES string of the molecule is Cc1cc(C(=O)CN2CCCC2c2ccccc2)c(C)n1C1CCS(=O)(=O)C1. The van der Waals surface area contributed by atoms with Crippen LogP contribution in [-0.4, -0.2) is 48.3 Å². The molecule has 1 aromatic heterocycles. The Hall–Kier alpha value is -1.92. The quantitative estimate of drug-likeness (QED) is 0.721. The summed E-state index contributed by atoms with van der Waals surface area (Å²) in [5.74, 6) is 0.548. The topological polar surface area (TPSA) is 59.4 Å². The number of Topliss-reactive ketones (excluding diaryl/α,β-unsaturated/α-hetero) is 1. The van der Waals surface area contributed by atoms with Crippen molar-refractivity contribution < 1.29 is 13.2 Å². The minimum atomic E-state index is -2.96. The van der Waals surface area contributed by atoms with Crippen molar-refractivity contribution in [1.82, 2.24) is 9.47 Å². The van der Waals surface area contributed by atoms with E-state index in [0.717, 1.165) is 36.3 Å². The van der Waals surface area contributed by atoms with Crippen LogP contribution in [0.1, 0.15) is 58.7 Å². The molecule has 3 heterocycles. The van der Waals surface area contributed by atoms with Gasteiger partial charge in [-0.3, -0.25) is 9.69 Å². The summed E-state index contributed by atoms with van der Waals surface area (Å²) >= 11 is 0. The highest BCUT2D eigenvalue weighted by atomic mass is 32.2. The van der Waals surface area contributed by atoms with Crippen molar-refractivity contribution in [3.63, 3.8) is 0 Å². The molecule has 2 saturated heterocycles. The molecule has 4 rings (SSSR count). The van der Waals surface area contributed by atoms with Crippen LogP contribution in [0.15, 0.2) is 36.4 Å². The number of aromatic nitrogens is 1. The van der Waals surface area contributed by atoms with Crippen LogP contribution in [0.25, 0.3) is 0 Å². The van der Waals surface area contributed by atoms with E-state index in [1.165, 1.54) is 5.56 Å². The third-order valence-corrected chi connectivity index (χ3v) is 8.00. The van der Waals surface area contributed by atoms with Crippen LogP contribution in [0.5, 0.6) is 0 Å². The molecule has 28 heavy (non-hydrogen) atoms. The largest absolute Gasteiger partial charge is 0.344 e. The van der Waals surface area contributed by atoms with E-state index in [0.29, 0.717) is 19.0 Å². The molecule has 0 bridgehead atoms. The number of carbonyl (C=O) groups excluding carboxylic acids is 1. The number of nitrogens with zero attached hydrogens (tertiary/aromatic N) is 2. The molecule has 0 N–H and O–H groups in total. The van der Waals surface area contributed by atoms with Crippen molar-refractivity contribution in [3.05, 3.63) is 58.9 Å². The van der Waals surface area contributed by atoms with E-state index in [9.17, 15) is 13.2 Å². The summed E-state index contributed by atoms with van der Waals surface area (Å²) in [5, 5.41) is 0. The highest BCUT2D eigenvalue weighted by molar-refractivity contribution is 7.91. The molecule has 6 heteroatoms. The van der Waals surface area contributed by atoms with Crippen LogP contribution in [0, 0.1) is 13.8 Å². The number of carbonyl (C=O) groups is 1. The number of likely N-dealkylation sites (tertiary alicyclic amines) is 1. The number of rotatable bonds is 5. The number of hydrogen-bond donors (Lipinski definition) is 0. The Morgan fingerprint density at radius 3 is 2.57 bits per heavy atom. The number of sulfone groups is 1. The highest BCUT2D eigenvalue weighted by Crippen LogP contribution is 2.33. The second kappa shape index (κ2) is 7.48.